The lowest BCUT2D eigenvalue weighted by Gasteiger charge is -2.12. The molecule has 0 radical (unpaired) electrons. The number of ether oxygens (including phenoxy) is 2. The molecule has 0 aromatic heterocycles. The molecule has 0 unspecified atom stereocenters. The van der Waals surface area contributed by atoms with E-state index in [1.54, 1.807) is 19.9 Å². The number of allylic oxidation sites excluding steroid dienone is 1. The third-order valence-electron chi connectivity index (χ3n) is 1.78. The Bertz CT molecular complexity index is 214. The number of rotatable bonds is 3. The minimum absolute atomic E-state index is 0.595. The van der Waals surface area contributed by atoms with Gasteiger partial charge in [-0.05, 0) is 13.8 Å². The molecule has 0 N–H and O–H groups in total. The molecule has 4 heteroatoms. The van der Waals surface area contributed by atoms with Crippen LogP contribution in [0.4, 0.5) is 0 Å². The second kappa shape index (κ2) is 5.35. The minimum Gasteiger partial charge on any atom is -0.468 e. The molecule has 0 aromatic rings. The van der Waals surface area contributed by atoms with Crippen LogP contribution in [-0.4, -0.2) is 26.2 Å². The molecule has 0 aliphatic carbocycles. The molecule has 0 aliphatic rings. The van der Waals surface area contributed by atoms with Gasteiger partial charge in [0.05, 0.1) is 14.2 Å². The van der Waals surface area contributed by atoms with E-state index < -0.39 is 17.9 Å². The fourth-order valence-corrected chi connectivity index (χ4v) is 0.870. The van der Waals surface area contributed by atoms with Crippen LogP contribution in [0.3, 0.4) is 0 Å². The molecule has 13 heavy (non-hydrogen) atoms. The van der Waals surface area contributed by atoms with Gasteiger partial charge >= 0.3 is 11.9 Å². The Kier molecular flexibility index (Phi) is 4.80. The SMILES string of the molecule is CC=C(C)C(C(=O)OC)C(=O)OC. The number of hydrogen-bond donors (Lipinski definition) is 0. The molecular weight excluding hydrogens is 172 g/mol. The Balaban J connectivity index is 4.75. The van der Waals surface area contributed by atoms with Crippen molar-refractivity contribution in [2.75, 3.05) is 14.2 Å². The first-order valence-corrected chi connectivity index (χ1v) is 3.87. The number of hydrogen-bond acceptors (Lipinski definition) is 4. The predicted molar refractivity (Wildman–Crippen MR) is 47.0 cm³/mol. The molecule has 0 atom stereocenters. The zero-order valence-electron chi connectivity index (χ0n) is 8.29. The molecule has 0 saturated carbocycles. The maximum Gasteiger partial charge on any atom is 0.324 e. The van der Waals surface area contributed by atoms with Gasteiger partial charge in [-0.1, -0.05) is 11.6 Å². The summed E-state index contributed by atoms with van der Waals surface area (Å²) in [6.45, 7) is 3.42. The van der Waals surface area contributed by atoms with E-state index in [4.69, 9.17) is 0 Å². The second-order valence-electron chi connectivity index (χ2n) is 2.51. The molecule has 0 fully saturated rings. The number of carbonyl (C=O) groups excluding carboxylic acids is 2. The molecule has 0 rings (SSSR count). The zero-order valence-corrected chi connectivity index (χ0v) is 8.29. The lowest BCUT2D eigenvalue weighted by Crippen LogP contribution is -2.27. The van der Waals surface area contributed by atoms with E-state index in [1.807, 2.05) is 0 Å². The molecule has 0 saturated heterocycles. The molecular formula is C9H14O4. The first kappa shape index (κ1) is 11.7. The van der Waals surface area contributed by atoms with Crippen molar-refractivity contribution in [3.8, 4) is 0 Å². The topological polar surface area (TPSA) is 52.6 Å². The van der Waals surface area contributed by atoms with Crippen molar-refractivity contribution in [3.63, 3.8) is 0 Å². The molecule has 0 amide bonds. The van der Waals surface area contributed by atoms with Gasteiger partial charge in [-0.15, -0.1) is 0 Å². The molecule has 74 valence electrons. The van der Waals surface area contributed by atoms with Crippen LogP contribution < -0.4 is 0 Å². The minimum atomic E-state index is -0.931. The smallest absolute Gasteiger partial charge is 0.324 e. The standard InChI is InChI=1S/C9H14O4/c1-5-6(2)7(8(10)12-3)9(11)13-4/h5,7H,1-4H3. The first-order valence-electron chi connectivity index (χ1n) is 3.87. The van der Waals surface area contributed by atoms with Gasteiger partial charge in [-0.25, -0.2) is 0 Å². The van der Waals surface area contributed by atoms with Gasteiger partial charge < -0.3 is 9.47 Å². The van der Waals surface area contributed by atoms with Crippen LogP contribution in [-0.2, 0) is 19.1 Å². The fourth-order valence-electron chi connectivity index (χ4n) is 0.870. The Morgan fingerprint density at radius 1 is 1.15 bits per heavy atom. The van der Waals surface area contributed by atoms with Gasteiger partial charge in [0.1, 0.15) is 0 Å². The van der Waals surface area contributed by atoms with E-state index >= 15 is 0 Å². The predicted octanol–water partition coefficient (Wildman–Crippen LogP) is 0.915. The van der Waals surface area contributed by atoms with Crippen LogP contribution in [0.1, 0.15) is 13.8 Å². The van der Waals surface area contributed by atoms with E-state index in [0.717, 1.165) is 0 Å². The third-order valence-corrected chi connectivity index (χ3v) is 1.78. The van der Waals surface area contributed by atoms with E-state index in [2.05, 4.69) is 9.47 Å². The zero-order chi connectivity index (χ0) is 10.4. The van der Waals surface area contributed by atoms with Crippen molar-refractivity contribution in [1.82, 2.24) is 0 Å². The van der Waals surface area contributed by atoms with Crippen LogP contribution in [0.15, 0.2) is 11.6 Å². The molecule has 0 aliphatic heterocycles. The Hall–Kier alpha value is -1.32. The van der Waals surface area contributed by atoms with Crippen molar-refractivity contribution in [2.24, 2.45) is 5.92 Å². The van der Waals surface area contributed by atoms with Gasteiger partial charge in [-0.3, -0.25) is 9.59 Å². The number of esters is 2. The molecule has 4 nitrogen and oxygen atoms in total. The van der Waals surface area contributed by atoms with Crippen LogP contribution >= 0.6 is 0 Å². The van der Waals surface area contributed by atoms with Crippen molar-refractivity contribution in [1.29, 1.82) is 0 Å². The summed E-state index contributed by atoms with van der Waals surface area (Å²) in [5.74, 6) is -2.12. The fraction of sp³-hybridized carbons (Fsp3) is 0.556. The molecule has 0 heterocycles. The Morgan fingerprint density at radius 3 is 1.77 bits per heavy atom. The average Bonchev–Trinajstić information content (AvgIpc) is 2.16. The van der Waals surface area contributed by atoms with Gasteiger partial charge in [0, 0.05) is 0 Å². The van der Waals surface area contributed by atoms with Gasteiger partial charge in [0.2, 0.25) is 0 Å². The van der Waals surface area contributed by atoms with Crippen molar-refractivity contribution in [2.45, 2.75) is 13.8 Å². The van der Waals surface area contributed by atoms with E-state index in [0.29, 0.717) is 5.57 Å². The lowest BCUT2D eigenvalue weighted by atomic mass is 10.0. The van der Waals surface area contributed by atoms with Crippen molar-refractivity contribution >= 4 is 11.9 Å². The summed E-state index contributed by atoms with van der Waals surface area (Å²) in [5.41, 5.74) is 0.624. The van der Waals surface area contributed by atoms with Crippen LogP contribution in [0, 0.1) is 5.92 Å². The van der Waals surface area contributed by atoms with E-state index in [9.17, 15) is 9.59 Å². The molecule has 0 spiro atoms. The third kappa shape index (κ3) is 2.89. The highest BCUT2D eigenvalue weighted by Gasteiger charge is 2.29. The summed E-state index contributed by atoms with van der Waals surface area (Å²) in [6.07, 6.45) is 1.68. The van der Waals surface area contributed by atoms with Gasteiger partial charge in [0.25, 0.3) is 0 Å². The van der Waals surface area contributed by atoms with E-state index in [-0.39, 0.29) is 0 Å². The monoisotopic (exact) mass is 186 g/mol. The highest BCUT2D eigenvalue weighted by Crippen LogP contribution is 2.13. The second-order valence-corrected chi connectivity index (χ2v) is 2.51. The summed E-state index contributed by atoms with van der Waals surface area (Å²) in [7, 11) is 2.47. The summed E-state index contributed by atoms with van der Waals surface area (Å²) in [6, 6.07) is 0. The molecule has 0 aromatic carbocycles. The quantitative estimate of drug-likeness (QED) is 0.373. The summed E-state index contributed by atoms with van der Waals surface area (Å²) in [5, 5.41) is 0. The summed E-state index contributed by atoms with van der Waals surface area (Å²) < 4.78 is 8.96. The summed E-state index contributed by atoms with van der Waals surface area (Å²) in [4.78, 5) is 22.3. The number of carbonyl (C=O) groups is 2. The largest absolute Gasteiger partial charge is 0.468 e. The lowest BCUT2D eigenvalue weighted by molar-refractivity contribution is -0.156. The van der Waals surface area contributed by atoms with Crippen LogP contribution in [0.5, 0.6) is 0 Å². The van der Waals surface area contributed by atoms with Crippen LogP contribution in [0.2, 0.25) is 0 Å². The Morgan fingerprint density at radius 2 is 1.54 bits per heavy atom. The average molecular weight is 186 g/mol. The maximum absolute atomic E-state index is 11.1. The number of methoxy groups -OCH3 is 2. The molecule has 0 bridgehead atoms. The normalized spacial score (nSPS) is 11.3. The van der Waals surface area contributed by atoms with Crippen molar-refractivity contribution < 1.29 is 19.1 Å². The highest BCUT2D eigenvalue weighted by molar-refractivity contribution is 5.97. The van der Waals surface area contributed by atoms with Gasteiger partial charge in [0.15, 0.2) is 5.92 Å². The van der Waals surface area contributed by atoms with Crippen molar-refractivity contribution in [3.05, 3.63) is 11.6 Å². The first-order chi connectivity index (χ1) is 6.08. The van der Waals surface area contributed by atoms with E-state index in [1.165, 1.54) is 14.2 Å². The highest BCUT2D eigenvalue weighted by atomic mass is 16.5. The van der Waals surface area contributed by atoms with Gasteiger partial charge in [-0.2, -0.15) is 0 Å². The summed E-state index contributed by atoms with van der Waals surface area (Å²) >= 11 is 0. The Labute approximate surface area is 77.5 Å². The maximum atomic E-state index is 11.1. The van der Waals surface area contributed by atoms with Crippen LogP contribution in [0.25, 0.3) is 0 Å².